The molecule has 0 N–H and O–H groups in total. The number of unbranched alkanes of at least 4 members (excludes halogenated alkanes) is 2. The molecule has 1 rings (SSSR count). The molecule has 0 aliphatic carbocycles. The van der Waals surface area contributed by atoms with Gasteiger partial charge in [0.25, 0.3) is 0 Å². The summed E-state index contributed by atoms with van der Waals surface area (Å²) in [5.74, 6) is 1.32. The second-order valence-corrected chi connectivity index (χ2v) is 4.13. The van der Waals surface area contributed by atoms with E-state index in [0.29, 0.717) is 24.7 Å². The first-order chi connectivity index (χ1) is 8.81. The first-order valence-corrected chi connectivity index (χ1v) is 6.56. The molecule has 0 fully saturated rings. The Balaban J connectivity index is 2.66. The highest BCUT2D eigenvalue weighted by Crippen LogP contribution is 2.32. The van der Waals surface area contributed by atoms with E-state index in [1.165, 1.54) is 0 Å². The minimum absolute atomic E-state index is 0.439. The summed E-state index contributed by atoms with van der Waals surface area (Å²) in [7, 11) is 0. The molecule has 0 aromatic heterocycles. The lowest BCUT2D eigenvalue weighted by molar-refractivity contribution is 0.295. The summed E-state index contributed by atoms with van der Waals surface area (Å²) < 4.78 is 11.2. The van der Waals surface area contributed by atoms with E-state index in [0.717, 1.165) is 31.4 Å². The third-order valence-electron chi connectivity index (χ3n) is 2.56. The van der Waals surface area contributed by atoms with Crippen molar-refractivity contribution in [2.45, 2.75) is 39.5 Å². The van der Waals surface area contributed by atoms with Gasteiger partial charge in [0.1, 0.15) is 5.75 Å². The van der Waals surface area contributed by atoms with Crippen LogP contribution in [0, 0.1) is 5.39 Å². The summed E-state index contributed by atoms with van der Waals surface area (Å²) in [6, 6.07) is 5.26. The number of rotatable bonds is 8. The third kappa shape index (κ3) is 4.62. The maximum Gasteiger partial charge on any atom is 0.426 e. The predicted molar refractivity (Wildman–Crippen MR) is 72.0 cm³/mol. The predicted octanol–water partition coefficient (Wildman–Crippen LogP) is 4.53. The van der Waals surface area contributed by atoms with Gasteiger partial charge in [-0.25, -0.2) is 0 Å². The molecule has 0 saturated carbocycles. The molecule has 0 unspecified atom stereocenters. The highest BCUT2D eigenvalue weighted by Gasteiger charge is 2.16. The number of benzene rings is 1. The Morgan fingerprint density at radius 2 is 1.72 bits per heavy atom. The Morgan fingerprint density at radius 3 is 2.33 bits per heavy atom. The van der Waals surface area contributed by atoms with Gasteiger partial charge in [0.15, 0.2) is 4.98 Å². The molecule has 4 nitrogen and oxygen atoms in total. The maximum absolute atomic E-state index is 8.88. The fourth-order valence-electron chi connectivity index (χ4n) is 1.44. The Morgan fingerprint density at radius 1 is 1.06 bits per heavy atom. The lowest BCUT2D eigenvalue weighted by Gasteiger charge is -2.07. The van der Waals surface area contributed by atoms with E-state index in [1.807, 2.05) is 0 Å². The van der Waals surface area contributed by atoms with Crippen molar-refractivity contribution >= 4 is 5.69 Å². The fraction of sp³-hybridized carbons (Fsp3) is 0.571. The van der Waals surface area contributed by atoms with E-state index in [4.69, 9.17) is 14.9 Å². The standard InChI is InChI=1S/C14H21N2O2/c1-3-5-9-17-12-7-8-13(16-15)14(11-12)18-10-6-4-2/h7-8,11H,3-6,9-10H2,1-2H3/q+1. The molecule has 98 valence electrons. The Labute approximate surface area is 109 Å². The maximum atomic E-state index is 8.88. The van der Waals surface area contributed by atoms with Crippen LogP contribution >= 0.6 is 0 Å². The van der Waals surface area contributed by atoms with Crippen molar-refractivity contribution in [3.05, 3.63) is 23.2 Å². The van der Waals surface area contributed by atoms with Crippen LogP contribution in [0.5, 0.6) is 11.5 Å². The number of hydrogen-bond donors (Lipinski definition) is 0. The Hall–Kier alpha value is -1.76. The van der Waals surface area contributed by atoms with Gasteiger partial charge in [-0.2, -0.15) is 0 Å². The quantitative estimate of drug-likeness (QED) is 0.502. The second kappa shape index (κ2) is 8.35. The van der Waals surface area contributed by atoms with Crippen LogP contribution in [-0.2, 0) is 0 Å². The molecule has 4 heteroatoms. The zero-order valence-electron chi connectivity index (χ0n) is 11.2. The van der Waals surface area contributed by atoms with Gasteiger partial charge in [-0.3, -0.25) is 0 Å². The molecule has 0 atom stereocenters. The zero-order chi connectivity index (χ0) is 13.2. The van der Waals surface area contributed by atoms with Crippen LogP contribution in [-0.4, -0.2) is 13.2 Å². The SMILES string of the molecule is CCCCOc1ccc([N+]#N)c(OCCCC)c1. The highest BCUT2D eigenvalue weighted by atomic mass is 16.5. The first-order valence-electron chi connectivity index (χ1n) is 6.56. The monoisotopic (exact) mass is 249 g/mol. The minimum Gasteiger partial charge on any atom is -0.493 e. The van der Waals surface area contributed by atoms with Crippen molar-refractivity contribution in [2.24, 2.45) is 0 Å². The molecule has 18 heavy (non-hydrogen) atoms. The van der Waals surface area contributed by atoms with E-state index in [-0.39, 0.29) is 0 Å². The molecule has 0 aliphatic rings. The molecule has 1 aromatic carbocycles. The summed E-state index contributed by atoms with van der Waals surface area (Å²) in [6.45, 7) is 5.54. The first kappa shape index (κ1) is 14.3. The van der Waals surface area contributed by atoms with Crippen LogP contribution in [0.1, 0.15) is 39.5 Å². The molecular weight excluding hydrogens is 228 g/mol. The van der Waals surface area contributed by atoms with Gasteiger partial charge in [-0.1, -0.05) is 26.7 Å². The summed E-state index contributed by atoms with van der Waals surface area (Å²) in [4.78, 5) is 3.21. The summed E-state index contributed by atoms with van der Waals surface area (Å²) in [6.07, 6.45) is 4.17. The number of nitrogens with zero attached hydrogens (tertiary/aromatic N) is 2. The van der Waals surface area contributed by atoms with Crippen molar-refractivity contribution in [3.8, 4) is 11.5 Å². The van der Waals surface area contributed by atoms with Crippen LogP contribution in [0.25, 0.3) is 4.98 Å². The van der Waals surface area contributed by atoms with Gasteiger partial charge >= 0.3 is 5.69 Å². The van der Waals surface area contributed by atoms with E-state index >= 15 is 0 Å². The fourth-order valence-corrected chi connectivity index (χ4v) is 1.44. The lowest BCUT2D eigenvalue weighted by atomic mass is 10.2. The average molecular weight is 249 g/mol. The topological polar surface area (TPSA) is 46.6 Å². The van der Waals surface area contributed by atoms with Crippen molar-refractivity contribution < 1.29 is 9.47 Å². The molecule has 0 saturated heterocycles. The molecule has 0 heterocycles. The smallest absolute Gasteiger partial charge is 0.426 e. The van der Waals surface area contributed by atoms with Gasteiger partial charge in [-0.15, -0.1) is 0 Å². The van der Waals surface area contributed by atoms with Crippen LogP contribution < -0.4 is 9.47 Å². The van der Waals surface area contributed by atoms with Gasteiger partial charge < -0.3 is 9.47 Å². The molecule has 0 radical (unpaired) electrons. The van der Waals surface area contributed by atoms with Crippen LogP contribution in [0.15, 0.2) is 18.2 Å². The van der Waals surface area contributed by atoms with Gasteiger partial charge in [-0.05, 0) is 18.9 Å². The third-order valence-corrected chi connectivity index (χ3v) is 2.56. The van der Waals surface area contributed by atoms with Crippen molar-refractivity contribution in [1.82, 2.24) is 0 Å². The summed E-state index contributed by atoms with van der Waals surface area (Å²) in [5, 5.41) is 8.88. The Kier molecular flexibility index (Phi) is 6.63. The number of ether oxygens (including phenoxy) is 2. The largest absolute Gasteiger partial charge is 0.493 e. The lowest BCUT2D eigenvalue weighted by Crippen LogP contribution is -1.99. The van der Waals surface area contributed by atoms with Gasteiger partial charge in [0, 0.05) is 12.1 Å². The zero-order valence-corrected chi connectivity index (χ0v) is 11.2. The van der Waals surface area contributed by atoms with Gasteiger partial charge in [0.2, 0.25) is 11.1 Å². The second-order valence-electron chi connectivity index (χ2n) is 4.13. The molecular formula is C14H21N2O2+. The van der Waals surface area contributed by atoms with Crippen LogP contribution in [0.4, 0.5) is 5.69 Å². The van der Waals surface area contributed by atoms with Crippen molar-refractivity contribution in [3.63, 3.8) is 0 Å². The number of diazo groups is 1. The summed E-state index contributed by atoms with van der Waals surface area (Å²) >= 11 is 0. The summed E-state index contributed by atoms with van der Waals surface area (Å²) in [5.41, 5.74) is 0.439. The normalized spacial score (nSPS) is 9.83. The molecule has 1 aromatic rings. The van der Waals surface area contributed by atoms with Crippen LogP contribution in [0.2, 0.25) is 0 Å². The average Bonchev–Trinajstić information content (AvgIpc) is 2.40. The molecule has 0 amide bonds. The van der Waals surface area contributed by atoms with Crippen molar-refractivity contribution in [2.75, 3.05) is 13.2 Å². The van der Waals surface area contributed by atoms with E-state index in [9.17, 15) is 0 Å². The van der Waals surface area contributed by atoms with E-state index < -0.39 is 0 Å². The van der Waals surface area contributed by atoms with Gasteiger partial charge in [0.05, 0.1) is 13.2 Å². The minimum atomic E-state index is 0.439. The van der Waals surface area contributed by atoms with Crippen LogP contribution in [0.3, 0.4) is 0 Å². The molecule has 0 spiro atoms. The van der Waals surface area contributed by atoms with E-state index in [1.54, 1.807) is 18.2 Å². The van der Waals surface area contributed by atoms with E-state index in [2.05, 4.69) is 18.8 Å². The Bertz CT molecular complexity index is 399. The molecule has 0 aliphatic heterocycles. The highest BCUT2D eigenvalue weighted by molar-refractivity contribution is 5.59. The van der Waals surface area contributed by atoms with Crippen molar-refractivity contribution in [1.29, 1.82) is 5.39 Å². The number of hydrogen-bond acceptors (Lipinski definition) is 3. The molecule has 0 bridgehead atoms.